The summed E-state index contributed by atoms with van der Waals surface area (Å²) in [7, 11) is 0. The lowest BCUT2D eigenvalue weighted by molar-refractivity contribution is 0.0253. The fourth-order valence-electron chi connectivity index (χ4n) is 3.99. The van der Waals surface area contributed by atoms with Gasteiger partial charge in [-0.05, 0) is 44.1 Å². The molecule has 1 aliphatic heterocycles. The molecule has 4 rings (SSSR count). The first-order chi connectivity index (χ1) is 10.7. The van der Waals surface area contributed by atoms with Crippen molar-refractivity contribution in [2.24, 2.45) is 0 Å². The third kappa shape index (κ3) is 2.26. The molecular formula is C18H21FN2O. The highest BCUT2D eigenvalue weighted by atomic mass is 19.1. The second-order valence-electron chi connectivity index (χ2n) is 6.71. The zero-order valence-electron chi connectivity index (χ0n) is 12.6. The molecule has 116 valence electrons. The van der Waals surface area contributed by atoms with E-state index in [1.807, 2.05) is 24.7 Å². The second-order valence-corrected chi connectivity index (χ2v) is 6.71. The summed E-state index contributed by atoms with van der Waals surface area (Å²) in [4.78, 5) is 4.25. The normalized spacial score (nSPS) is 30.1. The van der Waals surface area contributed by atoms with Crippen LogP contribution in [-0.2, 0) is 0 Å². The number of halogens is 1. The topological polar surface area (TPSA) is 38.1 Å². The molecule has 1 aliphatic carbocycles. The molecule has 1 aromatic heterocycles. The Labute approximate surface area is 129 Å². The lowest BCUT2D eigenvalue weighted by Gasteiger charge is -2.33. The van der Waals surface area contributed by atoms with E-state index < -0.39 is 5.67 Å². The van der Waals surface area contributed by atoms with Gasteiger partial charge in [-0.2, -0.15) is 0 Å². The average molecular weight is 300 g/mol. The molecule has 3 nitrogen and oxygen atoms in total. The largest absolute Gasteiger partial charge is 0.393 e. The van der Waals surface area contributed by atoms with Gasteiger partial charge in [0.15, 0.2) is 0 Å². The highest BCUT2D eigenvalue weighted by Gasteiger charge is 2.37. The van der Waals surface area contributed by atoms with Gasteiger partial charge in [0.2, 0.25) is 0 Å². The van der Waals surface area contributed by atoms with Crippen molar-refractivity contribution in [3.8, 4) is 11.3 Å². The number of alkyl halides is 1. The number of aromatic nitrogens is 2. The maximum absolute atomic E-state index is 14.9. The SMILES string of the molecule is O[C@H]1CC[C@@](F)(CC[C@@H]2c3ccccc3-c3cncn32)CC1. The van der Waals surface area contributed by atoms with Crippen LogP contribution in [0.3, 0.4) is 0 Å². The minimum Gasteiger partial charge on any atom is -0.393 e. The van der Waals surface area contributed by atoms with E-state index in [2.05, 4.69) is 21.7 Å². The second kappa shape index (κ2) is 5.20. The summed E-state index contributed by atoms with van der Waals surface area (Å²) in [5, 5.41) is 9.57. The van der Waals surface area contributed by atoms with Gasteiger partial charge < -0.3 is 9.67 Å². The van der Waals surface area contributed by atoms with Crippen molar-refractivity contribution in [1.29, 1.82) is 0 Å². The molecule has 0 amide bonds. The monoisotopic (exact) mass is 300 g/mol. The lowest BCUT2D eigenvalue weighted by atomic mass is 9.80. The number of nitrogens with zero attached hydrogens (tertiary/aromatic N) is 2. The van der Waals surface area contributed by atoms with Crippen LogP contribution in [0.5, 0.6) is 0 Å². The van der Waals surface area contributed by atoms with Crippen LogP contribution in [0.25, 0.3) is 11.3 Å². The molecule has 2 heterocycles. The van der Waals surface area contributed by atoms with Gasteiger partial charge in [0.05, 0.1) is 30.4 Å². The smallest absolute Gasteiger partial charge is 0.111 e. The van der Waals surface area contributed by atoms with Crippen LogP contribution in [0, 0.1) is 0 Å². The van der Waals surface area contributed by atoms with Gasteiger partial charge in [0.1, 0.15) is 5.67 Å². The number of rotatable bonds is 3. The summed E-state index contributed by atoms with van der Waals surface area (Å²) < 4.78 is 17.1. The van der Waals surface area contributed by atoms with Crippen molar-refractivity contribution in [3.05, 3.63) is 42.4 Å². The molecule has 1 atom stereocenters. The van der Waals surface area contributed by atoms with Crippen LogP contribution in [0.1, 0.15) is 50.1 Å². The number of hydrogen-bond acceptors (Lipinski definition) is 2. The van der Waals surface area contributed by atoms with Gasteiger partial charge in [-0.25, -0.2) is 9.37 Å². The van der Waals surface area contributed by atoms with Gasteiger partial charge in [0, 0.05) is 5.56 Å². The number of hydrogen-bond donors (Lipinski definition) is 1. The fourth-order valence-corrected chi connectivity index (χ4v) is 3.99. The van der Waals surface area contributed by atoms with Gasteiger partial charge in [-0.15, -0.1) is 0 Å². The minimum absolute atomic E-state index is 0.188. The highest BCUT2D eigenvalue weighted by Crippen LogP contribution is 2.44. The highest BCUT2D eigenvalue weighted by molar-refractivity contribution is 5.68. The predicted molar refractivity (Wildman–Crippen MR) is 83.3 cm³/mol. The molecular weight excluding hydrogens is 279 g/mol. The molecule has 0 saturated heterocycles. The molecule has 1 aromatic carbocycles. The van der Waals surface area contributed by atoms with Crippen molar-refractivity contribution in [1.82, 2.24) is 9.55 Å². The molecule has 2 aromatic rings. The number of benzene rings is 1. The van der Waals surface area contributed by atoms with Crippen LogP contribution in [0.2, 0.25) is 0 Å². The number of fused-ring (bicyclic) bond motifs is 3. The van der Waals surface area contributed by atoms with E-state index in [4.69, 9.17) is 0 Å². The van der Waals surface area contributed by atoms with Gasteiger partial charge in [-0.3, -0.25) is 0 Å². The van der Waals surface area contributed by atoms with Crippen LogP contribution in [0.15, 0.2) is 36.8 Å². The summed E-state index contributed by atoms with van der Waals surface area (Å²) in [6.07, 6.45) is 6.93. The fraction of sp³-hybridized carbons (Fsp3) is 0.500. The Balaban J connectivity index is 1.54. The maximum Gasteiger partial charge on any atom is 0.111 e. The summed E-state index contributed by atoms with van der Waals surface area (Å²) in [5.41, 5.74) is 2.52. The molecule has 4 heteroatoms. The van der Waals surface area contributed by atoms with Crippen molar-refractivity contribution in [2.45, 2.75) is 56.3 Å². The summed E-state index contributed by atoms with van der Waals surface area (Å²) in [6.45, 7) is 0. The van der Waals surface area contributed by atoms with Crippen molar-refractivity contribution in [3.63, 3.8) is 0 Å². The molecule has 0 unspecified atom stereocenters. The quantitative estimate of drug-likeness (QED) is 0.934. The summed E-state index contributed by atoms with van der Waals surface area (Å²) in [5.74, 6) is 0. The zero-order chi connectivity index (χ0) is 15.2. The third-order valence-corrected chi connectivity index (χ3v) is 5.31. The summed E-state index contributed by atoms with van der Waals surface area (Å²) >= 11 is 0. The number of imidazole rings is 1. The molecule has 1 N–H and O–H groups in total. The maximum atomic E-state index is 14.9. The molecule has 1 fully saturated rings. The first-order valence-electron chi connectivity index (χ1n) is 8.14. The Morgan fingerprint density at radius 1 is 1.27 bits per heavy atom. The Morgan fingerprint density at radius 2 is 2.05 bits per heavy atom. The Bertz CT molecular complexity index is 673. The molecule has 0 radical (unpaired) electrons. The van der Waals surface area contributed by atoms with Gasteiger partial charge in [-0.1, -0.05) is 24.3 Å². The van der Waals surface area contributed by atoms with Gasteiger partial charge >= 0.3 is 0 Å². The van der Waals surface area contributed by atoms with E-state index in [1.165, 1.54) is 11.1 Å². The Morgan fingerprint density at radius 3 is 2.86 bits per heavy atom. The Hall–Kier alpha value is -1.68. The Kier molecular flexibility index (Phi) is 3.30. The number of aliphatic hydroxyl groups excluding tert-OH is 1. The van der Waals surface area contributed by atoms with Crippen LogP contribution < -0.4 is 0 Å². The zero-order valence-corrected chi connectivity index (χ0v) is 12.6. The molecule has 2 aliphatic rings. The predicted octanol–water partition coefficient (Wildman–Crippen LogP) is 3.88. The van der Waals surface area contributed by atoms with Crippen molar-refractivity contribution < 1.29 is 9.50 Å². The minimum atomic E-state index is -1.11. The molecule has 0 spiro atoms. The first kappa shape index (κ1) is 13.9. The van der Waals surface area contributed by atoms with E-state index in [1.54, 1.807) is 0 Å². The van der Waals surface area contributed by atoms with Gasteiger partial charge in [0.25, 0.3) is 0 Å². The van der Waals surface area contributed by atoms with Crippen molar-refractivity contribution in [2.75, 3.05) is 0 Å². The first-order valence-corrected chi connectivity index (χ1v) is 8.14. The average Bonchev–Trinajstić information content (AvgIpc) is 3.10. The standard InChI is InChI=1S/C18H21FN2O/c19-18(8-5-13(22)6-9-18)10-7-16-14-3-1-2-4-15(14)17-11-20-12-21(16)17/h1-4,11-13,16,22H,5-10H2/t13-,16-,18-/m1/s1. The molecule has 1 saturated carbocycles. The van der Waals surface area contributed by atoms with E-state index in [0.29, 0.717) is 32.1 Å². The summed E-state index contributed by atoms with van der Waals surface area (Å²) in [6, 6.07) is 8.53. The van der Waals surface area contributed by atoms with Crippen LogP contribution >= 0.6 is 0 Å². The van der Waals surface area contributed by atoms with E-state index >= 15 is 0 Å². The van der Waals surface area contributed by atoms with E-state index in [9.17, 15) is 9.50 Å². The van der Waals surface area contributed by atoms with Crippen molar-refractivity contribution >= 4 is 0 Å². The lowest BCUT2D eigenvalue weighted by Crippen LogP contribution is -2.32. The number of aliphatic hydroxyl groups is 1. The van der Waals surface area contributed by atoms with E-state index in [-0.39, 0.29) is 12.1 Å². The molecule has 22 heavy (non-hydrogen) atoms. The third-order valence-electron chi connectivity index (χ3n) is 5.31. The van der Waals surface area contributed by atoms with Crippen LogP contribution in [-0.4, -0.2) is 26.4 Å². The van der Waals surface area contributed by atoms with Crippen LogP contribution in [0.4, 0.5) is 4.39 Å². The van der Waals surface area contributed by atoms with E-state index in [0.717, 1.165) is 12.1 Å². The molecule has 0 bridgehead atoms.